The highest BCUT2D eigenvalue weighted by Crippen LogP contribution is 2.32. The van der Waals surface area contributed by atoms with Crippen LogP contribution in [0.5, 0.6) is 0 Å². The molecular weight excluding hydrogens is 637 g/mol. The summed E-state index contributed by atoms with van der Waals surface area (Å²) in [5.74, 6) is 4.76. The van der Waals surface area contributed by atoms with Gasteiger partial charge >= 0.3 is 0 Å². The van der Waals surface area contributed by atoms with E-state index in [2.05, 4.69) is 118 Å². The van der Waals surface area contributed by atoms with Crippen LogP contribution in [0.3, 0.4) is 0 Å². The molecule has 0 N–H and O–H groups in total. The Hall–Kier alpha value is 0. The number of unbranched alkanes of at least 4 members (excludes halogenated alkanes) is 2. The van der Waals surface area contributed by atoms with E-state index in [1.165, 1.54) is 70.6 Å². The van der Waals surface area contributed by atoms with E-state index in [0.29, 0.717) is 5.41 Å². The Kier molecular flexibility index (Phi) is 247. The molecule has 2 atom stereocenters. The van der Waals surface area contributed by atoms with Crippen LogP contribution in [0, 0.1) is 35.0 Å². The molecule has 0 spiro atoms. The van der Waals surface area contributed by atoms with Crippen molar-refractivity contribution in [1.82, 2.24) is 0 Å². The summed E-state index contributed by atoms with van der Waals surface area (Å²) >= 11 is 0. The summed E-state index contributed by atoms with van der Waals surface area (Å²) in [5, 5.41) is 0. The highest BCUT2D eigenvalue weighted by Gasteiger charge is 2.20. The number of rotatable bonds is 8. The average Bonchev–Trinajstić information content (AvgIpc) is 3.17. The minimum absolute atomic E-state index is 0. The van der Waals surface area contributed by atoms with Gasteiger partial charge < -0.3 is 0 Å². The second kappa shape index (κ2) is 132. The van der Waals surface area contributed by atoms with E-state index >= 15 is 0 Å². The first-order valence-electron chi connectivity index (χ1n) is 24.5. The molecule has 0 heteroatoms. The van der Waals surface area contributed by atoms with Gasteiger partial charge in [0.15, 0.2) is 0 Å². The lowest BCUT2D eigenvalue weighted by atomic mass is 9.77. The maximum absolute atomic E-state index is 2.33. The molecule has 0 aromatic heterocycles. The summed E-state index contributed by atoms with van der Waals surface area (Å²) < 4.78 is 0. The third kappa shape index (κ3) is 325. The van der Waals surface area contributed by atoms with E-state index < -0.39 is 0 Å². The van der Waals surface area contributed by atoms with Crippen LogP contribution in [0.4, 0.5) is 0 Å². The van der Waals surface area contributed by atoms with E-state index in [4.69, 9.17) is 0 Å². The van der Waals surface area contributed by atoms with E-state index in [9.17, 15) is 0 Å². The molecule has 0 saturated heterocycles. The van der Waals surface area contributed by atoms with Gasteiger partial charge in [0.1, 0.15) is 0 Å². The Balaban J connectivity index is -0.0000000231. The largest absolute Gasteiger partial charge is 0.0776 e. The van der Waals surface area contributed by atoms with E-state index in [-0.39, 0.29) is 7.43 Å². The van der Waals surface area contributed by atoms with Crippen LogP contribution < -0.4 is 0 Å². The molecule has 1 aliphatic carbocycles. The van der Waals surface area contributed by atoms with E-state index in [1.54, 1.807) is 0 Å². The van der Waals surface area contributed by atoms with Crippen LogP contribution in [0.15, 0.2) is 0 Å². The van der Waals surface area contributed by atoms with Gasteiger partial charge in [-0.1, -0.05) is 320 Å². The fourth-order valence-corrected chi connectivity index (χ4v) is 2.60. The molecule has 1 saturated carbocycles. The Morgan fingerprint density at radius 2 is 0.528 bits per heavy atom. The van der Waals surface area contributed by atoms with Crippen molar-refractivity contribution in [2.75, 3.05) is 0 Å². The molecule has 0 amide bonds. The molecule has 1 aliphatic rings. The van der Waals surface area contributed by atoms with Gasteiger partial charge in [-0.3, -0.25) is 0 Å². The summed E-state index contributed by atoms with van der Waals surface area (Å²) in [6.45, 7) is 74.0. The van der Waals surface area contributed by atoms with Crippen molar-refractivity contribution in [2.24, 2.45) is 35.0 Å². The molecule has 0 radical (unpaired) electrons. The quantitative estimate of drug-likeness (QED) is 0.230. The van der Waals surface area contributed by atoms with Gasteiger partial charge in [0, 0.05) is 0 Å². The average molecular weight is 774 g/mol. The predicted octanol–water partition coefficient (Wildman–Crippen LogP) is 23.5. The lowest BCUT2D eigenvalue weighted by Gasteiger charge is -2.29. The smallest absolute Gasteiger partial charge is 0.0411 e. The summed E-state index contributed by atoms with van der Waals surface area (Å²) in [5.41, 5.74) is 0.500. The maximum atomic E-state index is 2.33. The topological polar surface area (TPSA) is 0 Å². The van der Waals surface area contributed by atoms with Crippen LogP contribution in [-0.2, 0) is 0 Å². The van der Waals surface area contributed by atoms with Gasteiger partial charge in [-0.05, 0) is 35.0 Å². The molecule has 0 nitrogen and oxygen atoms in total. The molecule has 0 aromatic rings. The zero-order chi connectivity index (χ0) is 46.2. The highest BCUT2D eigenvalue weighted by atomic mass is 14.3. The lowest BCUT2D eigenvalue weighted by Crippen LogP contribution is -2.18. The van der Waals surface area contributed by atoms with Gasteiger partial charge in [0.2, 0.25) is 0 Å². The second-order valence-corrected chi connectivity index (χ2v) is 13.4. The molecule has 0 aromatic carbocycles. The number of hydrogen-bond acceptors (Lipinski definition) is 0. The minimum atomic E-state index is 0. The fraction of sp³-hybridized carbons (Fsp3) is 1.00. The molecule has 0 heterocycles. The third-order valence-electron chi connectivity index (χ3n) is 5.42. The Bertz CT molecular complexity index is 278. The van der Waals surface area contributed by atoms with E-state index in [1.807, 2.05) is 125 Å². The van der Waals surface area contributed by atoms with Gasteiger partial charge in [0.05, 0.1) is 0 Å². The standard InChI is InChI=1S/C7H16.C6H12.2C6H14.C5H12.C4H10.9C2H6.CH4/c1-4-5-6-7(2)3;1-5-3-4-6(5)2;2*1-4-5-6(2)3;1-5(2,3)4;1-3-4-2;9*1-2;/h7H,4-6H2,1-3H3;5-6H,3-4H2,1-2H3;2*6H,4-5H2,1-3H3;1-4H3;3-4H2,1-2H3;9*1-2H3;1H4. The zero-order valence-corrected chi connectivity index (χ0v) is 46.2. The first-order chi connectivity index (χ1) is 24.5. The molecule has 348 valence electrons. The molecule has 0 aliphatic heterocycles. The van der Waals surface area contributed by atoms with Crippen LogP contribution in [0.2, 0.25) is 0 Å². The first-order valence-corrected chi connectivity index (χ1v) is 24.5. The van der Waals surface area contributed by atoms with Crippen molar-refractivity contribution in [3.63, 3.8) is 0 Å². The Morgan fingerprint density at radius 1 is 0.358 bits per heavy atom. The monoisotopic (exact) mass is 773 g/mol. The summed E-state index contributed by atoms with van der Waals surface area (Å²) in [6.07, 6.45) is 15.1. The summed E-state index contributed by atoms with van der Waals surface area (Å²) in [6, 6.07) is 0. The molecular formula is C53H136. The molecule has 2 unspecified atom stereocenters. The van der Waals surface area contributed by atoms with Crippen molar-refractivity contribution in [1.29, 1.82) is 0 Å². The third-order valence-corrected chi connectivity index (χ3v) is 5.42. The summed E-state index contributed by atoms with van der Waals surface area (Å²) in [4.78, 5) is 0. The van der Waals surface area contributed by atoms with Crippen molar-refractivity contribution in [2.45, 2.75) is 320 Å². The van der Waals surface area contributed by atoms with Crippen LogP contribution in [-0.4, -0.2) is 0 Å². The van der Waals surface area contributed by atoms with Gasteiger partial charge in [0.25, 0.3) is 0 Å². The normalized spacial score (nSPS) is 11.4. The summed E-state index contributed by atoms with van der Waals surface area (Å²) in [7, 11) is 0. The minimum Gasteiger partial charge on any atom is -0.0776 e. The second-order valence-electron chi connectivity index (χ2n) is 13.4. The van der Waals surface area contributed by atoms with Crippen molar-refractivity contribution in [3.05, 3.63) is 0 Å². The van der Waals surface area contributed by atoms with E-state index in [0.717, 1.165) is 29.6 Å². The van der Waals surface area contributed by atoms with Gasteiger partial charge in [-0.15, -0.1) is 0 Å². The maximum Gasteiger partial charge on any atom is -0.0411 e. The van der Waals surface area contributed by atoms with Crippen LogP contribution >= 0.6 is 0 Å². The highest BCUT2D eigenvalue weighted by molar-refractivity contribution is 4.72. The number of hydrogen-bond donors (Lipinski definition) is 0. The van der Waals surface area contributed by atoms with Crippen molar-refractivity contribution in [3.8, 4) is 0 Å². The zero-order valence-electron chi connectivity index (χ0n) is 46.2. The van der Waals surface area contributed by atoms with Crippen molar-refractivity contribution < 1.29 is 0 Å². The SMILES string of the molecule is C.CC.CC.CC.CC.CC.CC.CC.CC.CC.CC(C)(C)C.CC1CCC1C.CCCC.CCCC(C)C.CCCC(C)C.CCCCC(C)C. The molecule has 53 heavy (non-hydrogen) atoms. The predicted molar refractivity (Wildman–Crippen MR) is 276 cm³/mol. The Labute approximate surface area is 354 Å². The molecule has 1 rings (SSSR count). The van der Waals surface area contributed by atoms with Gasteiger partial charge in [-0.2, -0.15) is 0 Å². The van der Waals surface area contributed by atoms with Crippen LogP contribution in [0.1, 0.15) is 320 Å². The Morgan fingerprint density at radius 3 is 0.547 bits per heavy atom. The first kappa shape index (κ1) is 99.2. The molecule has 0 bridgehead atoms. The van der Waals surface area contributed by atoms with Crippen molar-refractivity contribution >= 4 is 0 Å². The lowest BCUT2D eigenvalue weighted by molar-refractivity contribution is 0.219. The van der Waals surface area contributed by atoms with Gasteiger partial charge in [-0.25, -0.2) is 0 Å². The molecule has 1 fully saturated rings. The van der Waals surface area contributed by atoms with Crippen LogP contribution in [0.25, 0.3) is 0 Å². The fourth-order valence-electron chi connectivity index (χ4n) is 2.60.